The molecule has 0 aliphatic carbocycles. The molecule has 2 aromatic heterocycles. The topological polar surface area (TPSA) is 57.8 Å². The standard InChI is InChI=1S/C18H19N3O/c1-11-7-5-9-19-16(11)13(3)20-18(22)15-10-14-8-4-6-12(2)17(14)21-15/h4-10,13,21H,1-3H3,(H,20,22). The van der Waals surface area contributed by atoms with Crippen molar-refractivity contribution in [3.63, 3.8) is 0 Å². The Bertz CT molecular complexity index is 835. The molecule has 0 spiro atoms. The molecule has 1 atom stereocenters. The normalized spacial score (nSPS) is 12.3. The first-order chi connectivity index (χ1) is 10.6. The molecule has 4 nitrogen and oxygen atoms in total. The highest BCUT2D eigenvalue weighted by Gasteiger charge is 2.16. The third kappa shape index (κ3) is 2.60. The van der Waals surface area contributed by atoms with Gasteiger partial charge in [0.15, 0.2) is 0 Å². The average Bonchev–Trinajstić information content (AvgIpc) is 2.93. The molecule has 22 heavy (non-hydrogen) atoms. The maximum absolute atomic E-state index is 12.5. The van der Waals surface area contributed by atoms with E-state index in [1.54, 1.807) is 6.20 Å². The van der Waals surface area contributed by atoms with Gasteiger partial charge in [-0.05, 0) is 44.0 Å². The summed E-state index contributed by atoms with van der Waals surface area (Å²) >= 11 is 0. The first-order valence-corrected chi connectivity index (χ1v) is 7.37. The number of nitrogens with one attached hydrogen (secondary N) is 2. The van der Waals surface area contributed by atoms with Gasteiger partial charge >= 0.3 is 0 Å². The predicted octanol–water partition coefficient (Wildman–Crippen LogP) is 3.67. The molecule has 0 aliphatic rings. The molecule has 2 heterocycles. The first-order valence-electron chi connectivity index (χ1n) is 7.37. The number of carbonyl (C=O) groups excluding carboxylic acids is 1. The summed E-state index contributed by atoms with van der Waals surface area (Å²) in [6.45, 7) is 5.97. The van der Waals surface area contributed by atoms with Gasteiger partial charge in [-0.15, -0.1) is 0 Å². The lowest BCUT2D eigenvalue weighted by molar-refractivity contribution is 0.0935. The van der Waals surface area contributed by atoms with Crippen LogP contribution in [-0.2, 0) is 0 Å². The maximum atomic E-state index is 12.5. The second-order valence-electron chi connectivity index (χ2n) is 5.62. The van der Waals surface area contributed by atoms with E-state index in [4.69, 9.17) is 0 Å². The summed E-state index contributed by atoms with van der Waals surface area (Å²) in [6, 6.07) is 11.7. The molecule has 3 aromatic rings. The van der Waals surface area contributed by atoms with Crippen molar-refractivity contribution >= 4 is 16.8 Å². The highest BCUT2D eigenvalue weighted by atomic mass is 16.1. The highest BCUT2D eigenvalue weighted by Crippen LogP contribution is 2.20. The lowest BCUT2D eigenvalue weighted by Gasteiger charge is -2.14. The largest absolute Gasteiger partial charge is 0.350 e. The number of carbonyl (C=O) groups is 1. The van der Waals surface area contributed by atoms with Crippen LogP contribution in [0.2, 0.25) is 0 Å². The summed E-state index contributed by atoms with van der Waals surface area (Å²) in [5.74, 6) is -0.117. The highest BCUT2D eigenvalue weighted by molar-refractivity contribution is 5.98. The Hall–Kier alpha value is -2.62. The Kier molecular flexibility index (Phi) is 3.67. The number of aromatic amines is 1. The predicted molar refractivity (Wildman–Crippen MR) is 87.9 cm³/mol. The SMILES string of the molecule is Cc1cccnc1C(C)NC(=O)c1cc2cccc(C)c2[nH]1. The lowest BCUT2D eigenvalue weighted by Crippen LogP contribution is -2.28. The van der Waals surface area contributed by atoms with Gasteiger partial charge in [-0.2, -0.15) is 0 Å². The Morgan fingerprint density at radius 3 is 2.68 bits per heavy atom. The Morgan fingerprint density at radius 1 is 1.18 bits per heavy atom. The summed E-state index contributed by atoms with van der Waals surface area (Å²) in [7, 11) is 0. The summed E-state index contributed by atoms with van der Waals surface area (Å²) in [6.07, 6.45) is 1.75. The molecule has 3 rings (SSSR count). The Morgan fingerprint density at radius 2 is 1.95 bits per heavy atom. The number of hydrogen-bond acceptors (Lipinski definition) is 2. The van der Waals surface area contributed by atoms with Crippen molar-refractivity contribution in [2.75, 3.05) is 0 Å². The summed E-state index contributed by atoms with van der Waals surface area (Å²) in [5, 5.41) is 4.05. The van der Waals surface area contributed by atoms with Crippen LogP contribution in [0.3, 0.4) is 0 Å². The van der Waals surface area contributed by atoms with E-state index in [0.29, 0.717) is 5.69 Å². The van der Waals surface area contributed by atoms with Gasteiger partial charge in [-0.1, -0.05) is 24.3 Å². The molecular weight excluding hydrogens is 274 g/mol. The minimum absolute atomic E-state index is 0.117. The Balaban J connectivity index is 1.84. The number of para-hydroxylation sites is 1. The zero-order chi connectivity index (χ0) is 15.7. The van der Waals surface area contributed by atoms with Gasteiger partial charge in [0.1, 0.15) is 5.69 Å². The quantitative estimate of drug-likeness (QED) is 0.774. The third-order valence-electron chi connectivity index (χ3n) is 3.92. The van der Waals surface area contributed by atoms with Gasteiger partial charge in [-0.25, -0.2) is 0 Å². The van der Waals surface area contributed by atoms with E-state index in [1.165, 1.54) is 0 Å². The summed E-state index contributed by atoms with van der Waals surface area (Å²) in [4.78, 5) is 20.0. The zero-order valence-electron chi connectivity index (χ0n) is 13.0. The number of hydrogen-bond donors (Lipinski definition) is 2. The van der Waals surface area contributed by atoms with Gasteiger partial charge in [-0.3, -0.25) is 9.78 Å². The smallest absolute Gasteiger partial charge is 0.268 e. The fourth-order valence-electron chi connectivity index (χ4n) is 2.72. The van der Waals surface area contributed by atoms with E-state index in [-0.39, 0.29) is 11.9 Å². The fraction of sp³-hybridized carbons (Fsp3) is 0.222. The van der Waals surface area contributed by atoms with Gasteiger partial charge in [0.05, 0.1) is 11.7 Å². The molecule has 2 N–H and O–H groups in total. The van der Waals surface area contributed by atoms with Crippen molar-refractivity contribution < 1.29 is 4.79 Å². The van der Waals surface area contributed by atoms with E-state index in [0.717, 1.165) is 27.7 Å². The number of nitrogens with zero attached hydrogens (tertiary/aromatic N) is 1. The summed E-state index contributed by atoms with van der Waals surface area (Å²) in [5.41, 5.74) is 4.68. The van der Waals surface area contributed by atoms with Gasteiger partial charge in [0.2, 0.25) is 0 Å². The van der Waals surface area contributed by atoms with Crippen molar-refractivity contribution in [3.8, 4) is 0 Å². The molecule has 4 heteroatoms. The molecule has 0 saturated carbocycles. The first kappa shape index (κ1) is 14.3. The Labute approximate surface area is 129 Å². The average molecular weight is 293 g/mol. The van der Waals surface area contributed by atoms with E-state index < -0.39 is 0 Å². The van der Waals surface area contributed by atoms with Crippen molar-refractivity contribution in [2.45, 2.75) is 26.8 Å². The molecule has 0 radical (unpaired) electrons. The number of rotatable bonds is 3. The third-order valence-corrected chi connectivity index (χ3v) is 3.92. The monoisotopic (exact) mass is 293 g/mol. The van der Waals surface area contributed by atoms with Crippen LogP contribution in [0.25, 0.3) is 10.9 Å². The number of aryl methyl sites for hydroxylation is 2. The molecule has 0 aliphatic heterocycles. The number of fused-ring (bicyclic) bond motifs is 1. The molecule has 1 amide bonds. The van der Waals surface area contributed by atoms with Crippen LogP contribution in [-0.4, -0.2) is 15.9 Å². The fourth-order valence-corrected chi connectivity index (χ4v) is 2.72. The van der Waals surface area contributed by atoms with E-state index >= 15 is 0 Å². The molecule has 0 saturated heterocycles. The lowest BCUT2D eigenvalue weighted by atomic mass is 10.1. The van der Waals surface area contributed by atoms with Crippen LogP contribution in [0.1, 0.15) is 40.3 Å². The molecule has 112 valence electrons. The second kappa shape index (κ2) is 5.64. The van der Waals surface area contributed by atoms with Crippen LogP contribution in [0.4, 0.5) is 0 Å². The molecule has 1 aromatic carbocycles. The van der Waals surface area contributed by atoms with E-state index in [2.05, 4.69) is 15.3 Å². The number of aromatic nitrogens is 2. The van der Waals surface area contributed by atoms with Crippen molar-refractivity contribution in [1.29, 1.82) is 0 Å². The number of benzene rings is 1. The van der Waals surface area contributed by atoms with Crippen molar-refractivity contribution in [2.24, 2.45) is 0 Å². The van der Waals surface area contributed by atoms with E-state index in [1.807, 2.05) is 57.2 Å². The molecule has 0 fully saturated rings. The molecule has 0 bridgehead atoms. The minimum Gasteiger partial charge on any atom is -0.350 e. The summed E-state index contributed by atoms with van der Waals surface area (Å²) < 4.78 is 0. The van der Waals surface area contributed by atoms with Crippen LogP contribution in [0.5, 0.6) is 0 Å². The van der Waals surface area contributed by atoms with Gasteiger partial charge < -0.3 is 10.3 Å². The van der Waals surface area contributed by atoms with Crippen molar-refractivity contribution in [1.82, 2.24) is 15.3 Å². The van der Waals surface area contributed by atoms with Gasteiger partial charge in [0.25, 0.3) is 5.91 Å². The zero-order valence-corrected chi connectivity index (χ0v) is 13.0. The van der Waals surface area contributed by atoms with E-state index in [9.17, 15) is 4.79 Å². The number of pyridine rings is 1. The maximum Gasteiger partial charge on any atom is 0.268 e. The van der Waals surface area contributed by atoms with Crippen LogP contribution < -0.4 is 5.32 Å². The number of amides is 1. The molecule has 1 unspecified atom stereocenters. The molecular formula is C18H19N3O. The minimum atomic E-state index is -0.138. The van der Waals surface area contributed by atoms with Crippen LogP contribution in [0, 0.1) is 13.8 Å². The van der Waals surface area contributed by atoms with Crippen molar-refractivity contribution in [3.05, 3.63) is 65.1 Å². The van der Waals surface area contributed by atoms with Crippen LogP contribution in [0.15, 0.2) is 42.6 Å². The number of H-pyrrole nitrogens is 1. The van der Waals surface area contributed by atoms with Gasteiger partial charge in [0, 0.05) is 17.1 Å². The van der Waals surface area contributed by atoms with Crippen LogP contribution >= 0.6 is 0 Å². The second-order valence-corrected chi connectivity index (χ2v) is 5.62.